The zero-order chi connectivity index (χ0) is 10.3. The van der Waals surface area contributed by atoms with E-state index in [1.807, 2.05) is 34.6 Å². The molecule has 0 aromatic carbocycles. The minimum absolute atomic E-state index is 0.0505. The van der Waals surface area contributed by atoms with Crippen molar-refractivity contribution in [1.82, 2.24) is 0 Å². The number of cyclic esters (lactones) is 1. The monoisotopic (exact) mass is 186 g/mol. The van der Waals surface area contributed by atoms with Crippen molar-refractivity contribution in [2.75, 3.05) is 0 Å². The van der Waals surface area contributed by atoms with E-state index in [2.05, 4.69) is 0 Å². The molecule has 0 bridgehead atoms. The Morgan fingerprint density at radius 1 is 1.46 bits per heavy atom. The van der Waals surface area contributed by atoms with Crippen LogP contribution in [0, 0.1) is 5.41 Å². The number of ether oxygens (including phenoxy) is 2. The first-order valence-corrected chi connectivity index (χ1v) is 4.64. The molecule has 0 amide bonds. The van der Waals surface area contributed by atoms with Crippen LogP contribution in [0.5, 0.6) is 0 Å². The van der Waals surface area contributed by atoms with Crippen LogP contribution in [-0.4, -0.2) is 17.9 Å². The van der Waals surface area contributed by atoms with E-state index in [1.165, 1.54) is 0 Å². The van der Waals surface area contributed by atoms with Crippen molar-refractivity contribution in [3.63, 3.8) is 0 Å². The molecule has 3 nitrogen and oxygen atoms in total. The van der Waals surface area contributed by atoms with Crippen molar-refractivity contribution in [2.45, 2.75) is 52.9 Å². The van der Waals surface area contributed by atoms with Gasteiger partial charge >= 0.3 is 5.97 Å². The van der Waals surface area contributed by atoms with E-state index in [4.69, 9.17) is 9.47 Å². The van der Waals surface area contributed by atoms with E-state index >= 15 is 0 Å². The van der Waals surface area contributed by atoms with Crippen molar-refractivity contribution < 1.29 is 14.3 Å². The Morgan fingerprint density at radius 2 is 2.00 bits per heavy atom. The standard InChI is InChI=1S/C10H18O3/c1-7-6-8(11)13-10(5,12-7)9(2,3)4/h7H,6H2,1-5H3/t7-,10-/m1/s1. The van der Waals surface area contributed by atoms with Gasteiger partial charge in [0.05, 0.1) is 12.5 Å². The number of carbonyl (C=O) groups is 1. The van der Waals surface area contributed by atoms with Gasteiger partial charge in [-0.15, -0.1) is 0 Å². The molecule has 1 rings (SSSR count). The Morgan fingerprint density at radius 3 is 2.38 bits per heavy atom. The summed E-state index contributed by atoms with van der Waals surface area (Å²) in [6.45, 7) is 9.71. The molecule has 13 heavy (non-hydrogen) atoms. The van der Waals surface area contributed by atoms with Crippen molar-refractivity contribution in [1.29, 1.82) is 0 Å². The fraction of sp³-hybridized carbons (Fsp3) is 0.900. The second-order valence-electron chi connectivity index (χ2n) is 4.80. The predicted molar refractivity (Wildman–Crippen MR) is 49.1 cm³/mol. The van der Waals surface area contributed by atoms with Gasteiger partial charge in [0.2, 0.25) is 5.79 Å². The second kappa shape index (κ2) is 2.98. The largest absolute Gasteiger partial charge is 0.433 e. The molecule has 1 aliphatic heterocycles. The Bertz CT molecular complexity index is 217. The van der Waals surface area contributed by atoms with Crippen LogP contribution in [0.3, 0.4) is 0 Å². The molecule has 1 aliphatic rings. The van der Waals surface area contributed by atoms with E-state index in [-0.39, 0.29) is 17.5 Å². The summed E-state index contributed by atoms with van der Waals surface area (Å²) < 4.78 is 10.9. The average molecular weight is 186 g/mol. The lowest BCUT2D eigenvalue weighted by atomic mass is 9.85. The summed E-state index contributed by atoms with van der Waals surface area (Å²) >= 11 is 0. The molecule has 0 spiro atoms. The maximum absolute atomic E-state index is 11.2. The number of carbonyl (C=O) groups excluding carboxylic acids is 1. The van der Waals surface area contributed by atoms with Crippen molar-refractivity contribution >= 4 is 5.97 Å². The Labute approximate surface area is 79.4 Å². The number of rotatable bonds is 0. The maximum Gasteiger partial charge on any atom is 0.310 e. The Kier molecular flexibility index (Phi) is 2.41. The molecule has 1 heterocycles. The zero-order valence-corrected chi connectivity index (χ0v) is 9.01. The van der Waals surface area contributed by atoms with Crippen LogP contribution < -0.4 is 0 Å². The number of esters is 1. The summed E-state index contributed by atoms with van der Waals surface area (Å²) in [5.41, 5.74) is -0.197. The van der Waals surface area contributed by atoms with Crippen LogP contribution in [0.2, 0.25) is 0 Å². The number of hydrogen-bond acceptors (Lipinski definition) is 3. The van der Waals surface area contributed by atoms with Crippen molar-refractivity contribution in [3.05, 3.63) is 0 Å². The van der Waals surface area contributed by atoms with Gasteiger partial charge in [0.1, 0.15) is 0 Å². The van der Waals surface area contributed by atoms with Gasteiger partial charge in [0.25, 0.3) is 0 Å². The molecule has 3 heteroatoms. The van der Waals surface area contributed by atoms with E-state index < -0.39 is 5.79 Å². The molecular weight excluding hydrogens is 168 g/mol. The van der Waals surface area contributed by atoms with Crippen LogP contribution in [0.25, 0.3) is 0 Å². The third kappa shape index (κ3) is 2.02. The SMILES string of the molecule is C[C@@H]1CC(=O)O[C@](C)(C(C)(C)C)O1. The summed E-state index contributed by atoms with van der Waals surface area (Å²) in [5, 5.41) is 0. The molecule has 1 fully saturated rings. The van der Waals surface area contributed by atoms with E-state index in [9.17, 15) is 4.79 Å². The van der Waals surface area contributed by atoms with Crippen LogP contribution in [0.15, 0.2) is 0 Å². The Balaban J connectivity index is 2.84. The molecule has 0 unspecified atom stereocenters. The summed E-state index contributed by atoms with van der Waals surface area (Å²) in [6.07, 6.45) is 0.302. The quantitative estimate of drug-likeness (QED) is 0.543. The van der Waals surface area contributed by atoms with Crippen LogP contribution in [0.1, 0.15) is 41.0 Å². The lowest BCUT2D eigenvalue weighted by Gasteiger charge is -2.44. The average Bonchev–Trinajstić information content (AvgIpc) is 1.79. The van der Waals surface area contributed by atoms with Gasteiger partial charge in [-0.2, -0.15) is 0 Å². The highest BCUT2D eigenvalue weighted by Gasteiger charge is 2.46. The summed E-state index contributed by atoms with van der Waals surface area (Å²) in [5.74, 6) is -0.960. The molecule has 76 valence electrons. The minimum atomic E-state index is -0.790. The predicted octanol–water partition coefficient (Wildman–Crippen LogP) is 2.10. The van der Waals surface area contributed by atoms with Crippen LogP contribution in [-0.2, 0) is 14.3 Å². The smallest absolute Gasteiger partial charge is 0.310 e. The van der Waals surface area contributed by atoms with Crippen molar-refractivity contribution in [3.8, 4) is 0 Å². The van der Waals surface area contributed by atoms with Gasteiger partial charge in [-0.05, 0) is 6.92 Å². The highest BCUT2D eigenvalue weighted by atomic mass is 16.7. The maximum atomic E-state index is 11.2. The lowest BCUT2D eigenvalue weighted by Crippen LogP contribution is -2.52. The second-order valence-corrected chi connectivity index (χ2v) is 4.80. The number of hydrogen-bond donors (Lipinski definition) is 0. The fourth-order valence-corrected chi connectivity index (χ4v) is 1.27. The Hall–Kier alpha value is -0.570. The zero-order valence-electron chi connectivity index (χ0n) is 9.01. The van der Waals surface area contributed by atoms with Crippen molar-refractivity contribution in [2.24, 2.45) is 5.41 Å². The fourth-order valence-electron chi connectivity index (χ4n) is 1.27. The molecule has 0 N–H and O–H groups in total. The molecule has 0 aliphatic carbocycles. The third-order valence-corrected chi connectivity index (χ3v) is 2.55. The van der Waals surface area contributed by atoms with Gasteiger partial charge in [0.15, 0.2) is 0 Å². The van der Waals surface area contributed by atoms with E-state index in [0.717, 1.165) is 0 Å². The summed E-state index contributed by atoms with van der Waals surface area (Å²) in [4.78, 5) is 11.2. The molecule has 0 aromatic heterocycles. The first-order valence-electron chi connectivity index (χ1n) is 4.64. The van der Waals surface area contributed by atoms with Gasteiger partial charge < -0.3 is 9.47 Å². The normalized spacial score (nSPS) is 35.8. The molecule has 1 saturated heterocycles. The molecule has 0 saturated carbocycles. The minimum Gasteiger partial charge on any atom is -0.433 e. The first kappa shape index (κ1) is 10.5. The lowest BCUT2D eigenvalue weighted by molar-refractivity contribution is -0.301. The summed E-state index contributed by atoms with van der Waals surface area (Å²) in [7, 11) is 0. The van der Waals surface area contributed by atoms with E-state index in [0.29, 0.717) is 6.42 Å². The molecular formula is C10H18O3. The third-order valence-electron chi connectivity index (χ3n) is 2.55. The molecule has 0 radical (unpaired) electrons. The van der Waals surface area contributed by atoms with E-state index in [1.54, 1.807) is 0 Å². The topological polar surface area (TPSA) is 35.5 Å². The van der Waals surface area contributed by atoms with Gasteiger partial charge in [-0.3, -0.25) is 4.79 Å². The highest BCUT2D eigenvalue weighted by Crippen LogP contribution is 2.38. The van der Waals surface area contributed by atoms with Gasteiger partial charge in [0, 0.05) is 12.3 Å². The first-order chi connectivity index (χ1) is 5.74. The van der Waals surface area contributed by atoms with Crippen LogP contribution >= 0.6 is 0 Å². The molecule has 2 atom stereocenters. The van der Waals surface area contributed by atoms with Gasteiger partial charge in [-0.1, -0.05) is 20.8 Å². The molecule has 0 aromatic rings. The van der Waals surface area contributed by atoms with Crippen LogP contribution in [0.4, 0.5) is 0 Å². The highest BCUT2D eigenvalue weighted by molar-refractivity contribution is 5.71. The van der Waals surface area contributed by atoms with Gasteiger partial charge in [-0.25, -0.2) is 0 Å². The summed E-state index contributed by atoms with van der Waals surface area (Å²) in [6, 6.07) is 0.